The first-order valence-electron chi connectivity index (χ1n) is 8.99. The Labute approximate surface area is 153 Å². The second-order valence-corrected chi connectivity index (χ2v) is 6.76. The van der Waals surface area contributed by atoms with Crippen LogP contribution in [0.3, 0.4) is 0 Å². The van der Waals surface area contributed by atoms with Crippen molar-refractivity contribution >= 4 is 11.8 Å². The Morgan fingerprint density at radius 3 is 2.73 bits per heavy atom. The Morgan fingerprint density at radius 2 is 2.04 bits per heavy atom. The molecule has 0 aromatic heterocycles. The molecule has 1 saturated heterocycles. The molecule has 1 aromatic carbocycles. The zero-order valence-electron chi connectivity index (χ0n) is 15.2. The van der Waals surface area contributed by atoms with Gasteiger partial charge in [-0.25, -0.2) is 0 Å². The summed E-state index contributed by atoms with van der Waals surface area (Å²) in [6.07, 6.45) is 1.19. The summed E-state index contributed by atoms with van der Waals surface area (Å²) >= 11 is 0. The Bertz CT molecular complexity index is 633. The zero-order chi connectivity index (χ0) is 18.5. The molecule has 0 bridgehead atoms. The molecule has 1 saturated carbocycles. The number of fused-ring (bicyclic) bond motifs is 1. The first kappa shape index (κ1) is 18.7. The van der Waals surface area contributed by atoms with Crippen molar-refractivity contribution in [2.24, 2.45) is 11.8 Å². The summed E-state index contributed by atoms with van der Waals surface area (Å²) in [4.78, 5) is 23.4. The van der Waals surface area contributed by atoms with Gasteiger partial charge in [0.2, 0.25) is 5.91 Å². The van der Waals surface area contributed by atoms with E-state index in [1.54, 1.807) is 31.4 Å². The van der Waals surface area contributed by atoms with Gasteiger partial charge in [0.1, 0.15) is 12.4 Å². The Hall–Kier alpha value is -2.12. The van der Waals surface area contributed by atoms with Gasteiger partial charge >= 0.3 is 0 Å². The predicted octanol–water partition coefficient (Wildman–Crippen LogP) is 0.981. The number of carbonyl (C=O) groups is 2. The van der Waals surface area contributed by atoms with Gasteiger partial charge in [0, 0.05) is 44.1 Å². The zero-order valence-corrected chi connectivity index (χ0v) is 15.2. The van der Waals surface area contributed by atoms with Crippen LogP contribution in [0, 0.1) is 11.8 Å². The van der Waals surface area contributed by atoms with Crippen LogP contribution in [0.15, 0.2) is 24.3 Å². The van der Waals surface area contributed by atoms with Crippen molar-refractivity contribution in [1.82, 2.24) is 10.6 Å². The molecule has 142 valence electrons. The largest absolute Gasteiger partial charge is 0.492 e. The number of nitrogens with one attached hydrogen (secondary N) is 2. The minimum atomic E-state index is -0.0914. The minimum Gasteiger partial charge on any atom is -0.492 e. The highest BCUT2D eigenvalue weighted by molar-refractivity contribution is 5.94. The number of benzene rings is 1. The summed E-state index contributed by atoms with van der Waals surface area (Å²) in [5, 5.41) is 5.80. The van der Waals surface area contributed by atoms with Crippen molar-refractivity contribution < 1.29 is 23.8 Å². The van der Waals surface area contributed by atoms with Gasteiger partial charge in [0.25, 0.3) is 5.91 Å². The minimum absolute atomic E-state index is 0.0849. The van der Waals surface area contributed by atoms with Crippen LogP contribution < -0.4 is 15.4 Å². The molecular weight excluding hydrogens is 336 g/mol. The summed E-state index contributed by atoms with van der Waals surface area (Å²) in [6.45, 7) is 3.64. The molecule has 26 heavy (non-hydrogen) atoms. The third-order valence-electron chi connectivity index (χ3n) is 5.05. The summed E-state index contributed by atoms with van der Waals surface area (Å²) in [5.41, 5.74) is 0.595. The molecule has 3 rings (SSSR count). The maximum absolute atomic E-state index is 12.6. The van der Waals surface area contributed by atoms with Crippen LogP contribution in [0.4, 0.5) is 0 Å². The van der Waals surface area contributed by atoms with Gasteiger partial charge in [-0.2, -0.15) is 0 Å². The first-order valence-corrected chi connectivity index (χ1v) is 8.99. The molecular formula is C19H26N2O5. The first-order chi connectivity index (χ1) is 12.6. The number of ether oxygens (including phenoxy) is 3. The van der Waals surface area contributed by atoms with Crippen molar-refractivity contribution in [3.05, 3.63) is 29.8 Å². The number of hydrogen-bond donors (Lipinski definition) is 2. The van der Waals surface area contributed by atoms with E-state index in [1.807, 2.05) is 0 Å². The van der Waals surface area contributed by atoms with E-state index in [0.29, 0.717) is 37.0 Å². The van der Waals surface area contributed by atoms with Gasteiger partial charge in [-0.3, -0.25) is 9.59 Å². The Morgan fingerprint density at radius 1 is 1.27 bits per heavy atom. The van der Waals surface area contributed by atoms with Crippen molar-refractivity contribution in [3.63, 3.8) is 0 Å². The molecule has 0 spiro atoms. The Balaban J connectivity index is 1.51. The predicted molar refractivity (Wildman–Crippen MR) is 95.1 cm³/mol. The summed E-state index contributed by atoms with van der Waals surface area (Å²) in [5.74, 6) is 1.09. The lowest BCUT2D eigenvalue weighted by Crippen LogP contribution is -2.62. The second-order valence-electron chi connectivity index (χ2n) is 6.76. The molecule has 1 aliphatic heterocycles. The van der Waals surface area contributed by atoms with Gasteiger partial charge in [0.15, 0.2) is 0 Å². The van der Waals surface area contributed by atoms with Crippen LogP contribution >= 0.6 is 0 Å². The van der Waals surface area contributed by atoms with E-state index in [4.69, 9.17) is 14.2 Å². The fourth-order valence-corrected chi connectivity index (χ4v) is 3.77. The van der Waals surface area contributed by atoms with E-state index < -0.39 is 0 Å². The van der Waals surface area contributed by atoms with Gasteiger partial charge in [-0.15, -0.1) is 0 Å². The average molecular weight is 362 g/mol. The van der Waals surface area contributed by atoms with Crippen LogP contribution in [-0.2, 0) is 14.3 Å². The van der Waals surface area contributed by atoms with Crippen LogP contribution in [0.2, 0.25) is 0 Å². The number of rotatable bonds is 8. The summed E-state index contributed by atoms with van der Waals surface area (Å²) < 4.78 is 16.5. The summed E-state index contributed by atoms with van der Waals surface area (Å²) in [7, 11) is 1.67. The number of carbonyl (C=O) groups excluding carboxylic acids is 2. The van der Waals surface area contributed by atoms with Crippen molar-refractivity contribution in [3.8, 4) is 5.75 Å². The van der Waals surface area contributed by atoms with Gasteiger partial charge in [-0.05, 0) is 30.7 Å². The standard InChI is InChI=1S/C19H26N2O5/c1-12(22)20-8-10-25-14-5-3-13(4-6-14)19(23)21-17-15-7-9-26-18(15)16(17)11-24-2/h3-6,15-18H,7-11H2,1-2H3,(H,20,22)(H,21,23). The highest BCUT2D eigenvalue weighted by atomic mass is 16.5. The van der Waals surface area contributed by atoms with Crippen molar-refractivity contribution in [2.75, 3.05) is 33.5 Å². The SMILES string of the molecule is COCC1C(NC(=O)c2ccc(OCCNC(C)=O)cc2)C2CCOC21. The molecule has 2 aliphatic rings. The fraction of sp³-hybridized carbons (Fsp3) is 0.579. The maximum Gasteiger partial charge on any atom is 0.251 e. The molecule has 1 aromatic rings. The molecule has 2 amide bonds. The third kappa shape index (κ3) is 4.16. The van der Waals surface area contributed by atoms with E-state index in [9.17, 15) is 9.59 Å². The normalized spacial score (nSPS) is 26.5. The average Bonchev–Trinajstić information content (AvgIpc) is 3.06. The molecule has 2 fully saturated rings. The molecule has 0 radical (unpaired) electrons. The maximum atomic E-state index is 12.6. The fourth-order valence-electron chi connectivity index (χ4n) is 3.77. The highest BCUT2D eigenvalue weighted by Gasteiger charge is 2.54. The molecule has 7 nitrogen and oxygen atoms in total. The topological polar surface area (TPSA) is 85.9 Å². The van der Waals surface area contributed by atoms with E-state index >= 15 is 0 Å². The van der Waals surface area contributed by atoms with E-state index in [1.165, 1.54) is 6.92 Å². The van der Waals surface area contributed by atoms with Crippen LogP contribution in [0.5, 0.6) is 5.75 Å². The van der Waals surface area contributed by atoms with Gasteiger partial charge in [-0.1, -0.05) is 0 Å². The smallest absolute Gasteiger partial charge is 0.251 e. The number of methoxy groups -OCH3 is 1. The lowest BCUT2D eigenvalue weighted by molar-refractivity contribution is -0.119. The lowest BCUT2D eigenvalue weighted by Gasteiger charge is -2.47. The molecule has 4 atom stereocenters. The van der Waals surface area contributed by atoms with Crippen LogP contribution in [0.1, 0.15) is 23.7 Å². The molecule has 4 unspecified atom stereocenters. The second kappa shape index (κ2) is 8.51. The molecule has 7 heteroatoms. The van der Waals surface area contributed by atoms with Gasteiger partial charge < -0.3 is 24.8 Å². The van der Waals surface area contributed by atoms with Crippen molar-refractivity contribution in [1.29, 1.82) is 0 Å². The lowest BCUT2D eigenvalue weighted by atomic mass is 9.67. The highest BCUT2D eigenvalue weighted by Crippen LogP contribution is 2.43. The molecule has 2 N–H and O–H groups in total. The monoisotopic (exact) mass is 362 g/mol. The molecule has 1 aliphatic carbocycles. The summed E-state index contributed by atoms with van der Waals surface area (Å²) in [6, 6.07) is 7.11. The molecule has 1 heterocycles. The number of hydrogen-bond acceptors (Lipinski definition) is 5. The van der Waals surface area contributed by atoms with Gasteiger partial charge in [0.05, 0.1) is 19.3 Å². The van der Waals surface area contributed by atoms with E-state index in [-0.39, 0.29) is 29.9 Å². The number of amides is 2. The van der Waals surface area contributed by atoms with E-state index in [0.717, 1.165) is 13.0 Å². The van der Waals surface area contributed by atoms with Crippen LogP contribution in [-0.4, -0.2) is 57.4 Å². The third-order valence-corrected chi connectivity index (χ3v) is 5.05. The Kier molecular flexibility index (Phi) is 6.11. The van der Waals surface area contributed by atoms with E-state index in [2.05, 4.69) is 10.6 Å². The van der Waals surface area contributed by atoms with Crippen LogP contribution in [0.25, 0.3) is 0 Å². The quantitative estimate of drug-likeness (QED) is 0.674. The van der Waals surface area contributed by atoms with Crippen molar-refractivity contribution in [2.45, 2.75) is 25.5 Å².